The van der Waals surface area contributed by atoms with Crippen molar-refractivity contribution in [3.63, 3.8) is 0 Å². The average Bonchev–Trinajstić information content (AvgIpc) is 2.62. The van der Waals surface area contributed by atoms with E-state index >= 15 is 0 Å². The van der Waals surface area contributed by atoms with Gasteiger partial charge in [0.25, 0.3) is 0 Å². The smallest absolute Gasteiger partial charge is 0.147 e. The Morgan fingerprint density at radius 3 is 1.26 bits per heavy atom. The van der Waals surface area contributed by atoms with Crippen molar-refractivity contribution in [1.29, 1.82) is 0 Å². The summed E-state index contributed by atoms with van der Waals surface area (Å²) in [6.07, 6.45) is 4.89. The second-order valence-corrected chi connectivity index (χ2v) is 8.74. The predicted octanol–water partition coefficient (Wildman–Crippen LogP) is 5.65. The molecular formula is C16H24Cl2Zr. The molecule has 0 nitrogen and oxygen atoms in total. The number of rotatable bonds is 2. The molecular weight excluding hydrogens is 354 g/mol. The van der Waals surface area contributed by atoms with Gasteiger partial charge in [-0.05, 0) is 0 Å². The topological polar surface area (TPSA) is 0 Å². The molecule has 3 heteroatoms. The molecule has 0 saturated heterocycles. The summed E-state index contributed by atoms with van der Waals surface area (Å²) in [5.74, 6) is 1.41. The second-order valence-electron chi connectivity index (χ2n) is 5.48. The Balaban J connectivity index is 0.00000162. The van der Waals surface area contributed by atoms with Crippen LogP contribution in [0.4, 0.5) is 0 Å². The van der Waals surface area contributed by atoms with Gasteiger partial charge >= 0.3 is 118 Å². The van der Waals surface area contributed by atoms with Crippen LogP contribution in [0.5, 0.6) is 0 Å². The average molecular weight is 378 g/mol. The van der Waals surface area contributed by atoms with E-state index in [1.807, 2.05) is 0 Å². The van der Waals surface area contributed by atoms with Gasteiger partial charge < -0.3 is 0 Å². The Labute approximate surface area is 141 Å². The van der Waals surface area contributed by atoms with Gasteiger partial charge in [0.15, 0.2) is 0 Å². The van der Waals surface area contributed by atoms with Crippen molar-refractivity contribution in [1.82, 2.24) is 0 Å². The number of hydrogen-bond acceptors (Lipinski definition) is 0. The third-order valence-corrected chi connectivity index (χ3v) is 9.58. The van der Waals surface area contributed by atoms with Crippen molar-refractivity contribution in [2.24, 2.45) is 11.8 Å². The molecule has 0 spiro atoms. The van der Waals surface area contributed by atoms with Crippen LogP contribution < -0.4 is 0 Å². The van der Waals surface area contributed by atoms with Crippen LogP contribution in [0.15, 0.2) is 41.0 Å². The molecule has 0 heterocycles. The molecule has 2 aliphatic rings. The fourth-order valence-electron chi connectivity index (χ4n) is 2.83. The quantitative estimate of drug-likeness (QED) is 0.582. The first-order valence-electron chi connectivity index (χ1n) is 6.48. The zero-order valence-electron chi connectivity index (χ0n) is 12.6. The molecule has 0 amide bonds. The summed E-state index contributed by atoms with van der Waals surface area (Å²) in [6, 6.07) is 0. The van der Waals surface area contributed by atoms with Crippen LogP contribution in [0.2, 0.25) is 0 Å². The number of hydrogen-bond donors (Lipinski definition) is 0. The van der Waals surface area contributed by atoms with Crippen molar-refractivity contribution in [3.8, 4) is 0 Å². The van der Waals surface area contributed by atoms with E-state index in [2.05, 4.69) is 53.7 Å². The largest absolute Gasteiger partial charge is 0.147 e. The number of allylic oxidation sites excluding steroid dienone is 8. The summed E-state index contributed by atoms with van der Waals surface area (Å²) in [4.78, 5) is 0. The zero-order chi connectivity index (χ0) is 12.7. The van der Waals surface area contributed by atoms with Crippen LogP contribution in [0.3, 0.4) is 0 Å². The van der Waals surface area contributed by atoms with Crippen molar-refractivity contribution >= 4 is 24.8 Å². The monoisotopic (exact) mass is 376 g/mol. The van der Waals surface area contributed by atoms with Gasteiger partial charge in [0.05, 0.1) is 0 Å². The van der Waals surface area contributed by atoms with E-state index in [1.54, 1.807) is 17.7 Å². The van der Waals surface area contributed by atoms with Gasteiger partial charge in [0.2, 0.25) is 0 Å². The summed E-state index contributed by atoms with van der Waals surface area (Å²) in [7, 11) is 0. The van der Waals surface area contributed by atoms with Gasteiger partial charge in [0, 0.05) is 0 Å². The second kappa shape index (κ2) is 7.44. The van der Waals surface area contributed by atoms with E-state index in [4.69, 9.17) is 0 Å². The first-order valence-corrected chi connectivity index (χ1v) is 8.93. The SMILES string of the molecule is CC1=CC(C)[C]([Zr][C]2=C(C)C(C)=CC2C)=C1C.Cl.Cl. The fourth-order valence-corrected chi connectivity index (χ4v) is 6.97. The first kappa shape index (κ1) is 19.4. The molecule has 106 valence electrons. The molecule has 2 aliphatic carbocycles. The van der Waals surface area contributed by atoms with Crippen molar-refractivity contribution in [3.05, 3.63) is 41.0 Å². The molecule has 0 aromatic carbocycles. The molecule has 2 atom stereocenters. The van der Waals surface area contributed by atoms with Crippen molar-refractivity contribution in [2.75, 3.05) is 0 Å². The predicted molar refractivity (Wildman–Crippen MR) is 85.7 cm³/mol. The summed E-state index contributed by atoms with van der Waals surface area (Å²) in [5.41, 5.74) is 6.23. The Hall–Kier alpha value is 0.423. The van der Waals surface area contributed by atoms with E-state index < -0.39 is 23.2 Å². The zero-order valence-corrected chi connectivity index (χ0v) is 16.7. The maximum atomic E-state index is 2.45. The van der Waals surface area contributed by atoms with Gasteiger partial charge in [0.1, 0.15) is 0 Å². The van der Waals surface area contributed by atoms with Gasteiger partial charge in [-0.25, -0.2) is 0 Å². The summed E-state index contributed by atoms with van der Waals surface area (Å²) in [5, 5.41) is 0. The van der Waals surface area contributed by atoms with Gasteiger partial charge in [-0.2, -0.15) is 0 Å². The fraction of sp³-hybridized carbons (Fsp3) is 0.500. The third kappa shape index (κ3) is 3.75. The van der Waals surface area contributed by atoms with Gasteiger partial charge in [-0.15, -0.1) is 24.8 Å². The summed E-state index contributed by atoms with van der Waals surface area (Å²) >= 11 is -0.548. The maximum Gasteiger partial charge on any atom is -0.147 e. The van der Waals surface area contributed by atoms with E-state index in [1.165, 1.54) is 11.1 Å². The molecule has 2 rings (SSSR count). The van der Waals surface area contributed by atoms with E-state index in [0.29, 0.717) is 11.8 Å². The van der Waals surface area contributed by atoms with E-state index in [9.17, 15) is 0 Å². The van der Waals surface area contributed by atoms with Gasteiger partial charge in [-0.3, -0.25) is 0 Å². The van der Waals surface area contributed by atoms with Crippen molar-refractivity contribution in [2.45, 2.75) is 41.5 Å². The Kier molecular flexibility index (Phi) is 7.60. The van der Waals surface area contributed by atoms with Crippen LogP contribution in [-0.2, 0) is 23.2 Å². The molecule has 0 aliphatic heterocycles. The number of halogens is 2. The third-order valence-electron chi connectivity index (χ3n) is 4.17. The molecule has 0 saturated carbocycles. The van der Waals surface area contributed by atoms with Crippen LogP contribution in [0.1, 0.15) is 41.5 Å². The minimum Gasteiger partial charge on any atom is -0.147 e. The molecule has 19 heavy (non-hydrogen) atoms. The minimum atomic E-state index is -0.548. The normalized spacial score (nSPS) is 25.8. The first-order chi connectivity index (χ1) is 7.91. The molecule has 0 bridgehead atoms. The van der Waals surface area contributed by atoms with Gasteiger partial charge in [-0.1, -0.05) is 0 Å². The Bertz CT molecular complexity index is 437. The van der Waals surface area contributed by atoms with Crippen LogP contribution in [0.25, 0.3) is 0 Å². The maximum absolute atomic E-state index is 2.45. The molecule has 0 aromatic heterocycles. The van der Waals surface area contributed by atoms with Crippen LogP contribution >= 0.6 is 24.8 Å². The molecule has 0 fully saturated rings. The van der Waals surface area contributed by atoms with Crippen molar-refractivity contribution < 1.29 is 23.2 Å². The Morgan fingerprint density at radius 1 is 0.737 bits per heavy atom. The van der Waals surface area contributed by atoms with E-state index in [-0.39, 0.29) is 24.8 Å². The summed E-state index contributed by atoms with van der Waals surface area (Å²) < 4.78 is 3.60. The molecule has 0 N–H and O–H groups in total. The molecule has 0 aromatic rings. The molecule has 0 radical (unpaired) electrons. The molecule has 2 unspecified atom stereocenters. The van der Waals surface area contributed by atoms with Crippen LogP contribution in [0, 0.1) is 11.8 Å². The van der Waals surface area contributed by atoms with E-state index in [0.717, 1.165) is 0 Å². The standard InChI is InChI=1S/2C8H11.2ClH.Zr/c2*1-6-4-7(2)8(3)5-6;;;/h2*4,6H,1-3H3;2*1H;. The minimum absolute atomic E-state index is 0. The Morgan fingerprint density at radius 2 is 1.05 bits per heavy atom. The van der Waals surface area contributed by atoms with Crippen LogP contribution in [-0.4, -0.2) is 0 Å². The summed E-state index contributed by atoms with van der Waals surface area (Å²) in [6.45, 7) is 13.9.